The smallest absolute Gasteiger partial charge is 0.156 e. The minimum absolute atomic E-state index is 0.00991. The van der Waals surface area contributed by atoms with Crippen molar-refractivity contribution in [2.24, 2.45) is 11.3 Å². The van der Waals surface area contributed by atoms with E-state index in [-0.39, 0.29) is 23.9 Å². The van der Waals surface area contributed by atoms with Crippen molar-refractivity contribution in [1.82, 2.24) is 0 Å². The molecule has 0 saturated carbocycles. The Bertz CT molecular complexity index is 742. The highest BCUT2D eigenvalue weighted by atomic mass is 19.2. The van der Waals surface area contributed by atoms with E-state index < -0.39 is 11.7 Å². The van der Waals surface area contributed by atoms with Crippen LogP contribution >= 0.6 is 0 Å². The number of rotatable bonds is 7. The van der Waals surface area contributed by atoms with E-state index in [1.54, 1.807) is 17.1 Å². The zero-order valence-corrected chi connectivity index (χ0v) is 16.5. The largest absolute Gasteiger partial charge is 0.397 e. The van der Waals surface area contributed by atoms with E-state index in [0.717, 1.165) is 11.6 Å². The predicted octanol–water partition coefficient (Wildman–Crippen LogP) is 5.30. The minimum Gasteiger partial charge on any atom is -0.397 e. The van der Waals surface area contributed by atoms with E-state index in [9.17, 15) is 13.2 Å². The van der Waals surface area contributed by atoms with Crippen molar-refractivity contribution in [3.8, 4) is 0 Å². The number of hydrogen-bond donors (Lipinski definition) is 3. The van der Waals surface area contributed by atoms with Gasteiger partial charge in [-0.05, 0) is 43.0 Å². The summed E-state index contributed by atoms with van der Waals surface area (Å²) in [5, 5.41) is 4.60. The number of anilines is 3. The molecule has 0 spiro atoms. The van der Waals surface area contributed by atoms with Crippen LogP contribution in [0.3, 0.4) is 0 Å². The fourth-order valence-electron chi connectivity index (χ4n) is 2.45. The maximum absolute atomic E-state index is 13.6. The third kappa shape index (κ3) is 7.02. The maximum atomic E-state index is 13.6. The number of nitrogens with one attached hydrogen (secondary N) is 1. The van der Waals surface area contributed by atoms with Gasteiger partial charge in [-0.15, -0.1) is 0 Å². The van der Waals surface area contributed by atoms with Gasteiger partial charge in [0.15, 0.2) is 5.83 Å². The molecule has 0 bridgehead atoms. The number of nitrogens with zero attached hydrogens (tertiary/aromatic N) is 1. The van der Waals surface area contributed by atoms with Gasteiger partial charge in [-0.25, -0.2) is 19.0 Å². The minimum atomic E-state index is -1.07. The standard InChI is InChI=1S/C20H29F3N4/c1-13(22)6-7-15(16(23)10-21)11-26-17-8-9-18(19(24)14(17)2)27(25)12-20(3,4)5/h6-10,26H,11-12,24-25H2,1-5H3/b13-6+,15-7-,16-10-. The lowest BCUT2D eigenvalue weighted by Crippen LogP contribution is -2.38. The van der Waals surface area contributed by atoms with Crippen LogP contribution in [0.2, 0.25) is 0 Å². The molecule has 0 amide bonds. The van der Waals surface area contributed by atoms with Crippen molar-refractivity contribution in [3.63, 3.8) is 0 Å². The van der Waals surface area contributed by atoms with E-state index in [0.29, 0.717) is 23.6 Å². The van der Waals surface area contributed by atoms with E-state index in [1.165, 1.54) is 13.0 Å². The second kappa shape index (κ2) is 9.50. The van der Waals surface area contributed by atoms with Crippen molar-refractivity contribution in [2.45, 2.75) is 34.6 Å². The number of nitrogen functional groups attached to an aromatic ring is 1. The Morgan fingerprint density at radius 3 is 2.37 bits per heavy atom. The summed E-state index contributed by atoms with van der Waals surface area (Å²) in [6.07, 6.45) is 2.10. The van der Waals surface area contributed by atoms with Crippen molar-refractivity contribution in [3.05, 3.63) is 53.4 Å². The first-order valence-corrected chi connectivity index (χ1v) is 8.60. The van der Waals surface area contributed by atoms with Gasteiger partial charge in [0.05, 0.1) is 17.2 Å². The average Bonchev–Trinajstić information content (AvgIpc) is 2.55. The molecule has 4 nitrogen and oxygen atoms in total. The molecule has 0 aromatic heterocycles. The van der Waals surface area contributed by atoms with Gasteiger partial charge in [0.1, 0.15) is 6.33 Å². The zero-order chi connectivity index (χ0) is 20.8. The van der Waals surface area contributed by atoms with Gasteiger partial charge in [-0.2, -0.15) is 0 Å². The topological polar surface area (TPSA) is 67.3 Å². The molecule has 0 aliphatic carbocycles. The van der Waals surface area contributed by atoms with Gasteiger partial charge in [-0.1, -0.05) is 26.8 Å². The Morgan fingerprint density at radius 1 is 1.22 bits per heavy atom. The normalized spacial score (nSPS) is 13.7. The number of allylic oxidation sites excluding steroid dienone is 3. The lowest BCUT2D eigenvalue weighted by atomic mass is 9.96. The second-order valence-electron chi connectivity index (χ2n) is 7.62. The van der Waals surface area contributed by atoms with Crippen LogP contribution in [0.5, 0.6) is 0 Å². The Morgan fingerprint density at radius 2 is 1.85 bits per heavy atom. The third-order valence-corrected chi connectivity index (χ3v) is 3.83. The van der Waals surface area contributed by atoms with Gasteiger partial charge in [-0.3, -0.25) is 0 Å². The summed E-state index contributed by atoms with van der Waals surface area (Å²) in [6.45, 7) is 9.81. The molecule has 7 heteroatoms. The Hall–Kier alpha value is -2.41. The number of hydrazine groups is 1. The summed E-state index contributed by atoms with van der Waals surface area (Å²) >= 11 is 0. The first-order chi connectivity index (χ1) is 12.5. The van der Waals surface area contributed by atoms with Gasteiger partial charge in [0.25, 0.3) is 0 Å². The van der Waals surface area contributed by atoms with Gasteiger partial charge in [0, 0.05) is 24.4 Å². The first kappa shape index (κ1) is 22.6. The SMILES string of the molecule is C\C(F)=C/C=C(CNc1ccc(N(N)CC(C)(C)C)c(N)c1C)\C(F)=C\F. The third-order valence-electron chi connectivity index (χ3n) is 3.83. The molecule has 0 unspecified atom stereocenters. The molecule has 1 aromatic rings. The highest BCUT2D eigenvalue weighted by molar-refractivity contribution is 5.77. The van der Waals surface area contributed by atoms with Crippen LogP contribution in [0.25, 0.3) is 0 Å². The summed E-state index contributed by atoms with van der Waals surface area (Å²) in [5.41, 5.74) is 8.75. The van der Waals surface area contributed by atoms with Crippen LogP contribution in [0.15, 0.2) is 47.8 Å². The molecule has 5 N–H and O–H groups in total. The summed E-state index contributed by atoms with van der Waals surface area (Å²) in [4.78, 5) is 0. The van der Waals surface area contributed by atoms with Crippen LogP contribution in [-0.2, 0) is 0 Å². The van der Waals surface area contributed by atoms with E-state index in [4.69, 9.17) is 11.6 Å². The quantitative estimate of drug-likeness (QED) is 0.259. The molecular formula is C20H29F3N4. The maximum Gasteiger partial charge on any atom is 0.156 e. The van der Waals surface area contributed by atoms with Crippen LogP contribution in [0.1, 0.15) is 33.3 Å². The van der Waals surface area contributed by atoms with Gasteiger partial charge < -0.3 is 16.1 Å². The van der Waals surface area contributed by atoms with Crippen LogP contribution in [0.4, 0.5) is 30.2 Å². The van der Waals surface area contributed by atoms with Crippen molar-refractivity contribution in [2.75, 3.05) is 29.1 Å². The van der Waals surface area contributed by atoms with E-state index in [2.05, 4.69) is 26.1 Å². The Labute approximate surface area is 159 Å². The lowest BCUT2D eigenvalue weighted by Gasteiger charge is -2.29. The number of hydrogen-bond acceptors (Lipinski definition) is 4. The van der Waals surface area contributed by atoms with E-state index in [1.807, 2.05) is 6.92 Å². The highest BCUT2D eigenvalue weighted by Crippen LogP contribution is 2.32. The number of benzene rings is 1. The molecule has 0 aliphatic rings. The molecule has 0 fully saturated rings. The lowest BCUT2D eigenvalue weighted by molar-refractivity contribution is 0.412. The predicted molar refractivity (Wildman–Crippen MR) is 108 cm³/mol. The molecule has 0 saturated heterocycles. The average molecular weight is 382 g/mol. The zero-order valence-electron chi connectivity index (χ0n) is 16.5. The van der Waals surface area contributed by atoms with Crippen LogP contribution in [-0.4, -0.2) is 13.1 Å². The molecule has 27 heavy (non-hydrogen) atoms. The number of halogens is 3. The summed E-state index contributed by atoms with van der Waals surface area (Å²) in [7, 11) is 0. The Balaban J connectivity index is 3.04. The summed E-state index contributed by atoms with van der Waals surface area (Å²) in [6, 6.07) is 3.54. The highest BCUT2D eigenvalue weighted by Gasteiger charge is 2.18. The van der Waals surface area contributed by atoms with Crippen LogP contribution < -0.4 is 21.9 Å². The van der Waals surface area contributed by atoms with Crippen LogP contribution in [0, 0.1) is 12.3 Å². The Kier molecular flexibility index (Phi) is 7.97. The second-order valence-corrected chi connectivity index (χ2v) is 7.62. The molecule has 150 valence electrons. The molecule has 1 rings (SSSR count). The number of nitrogens with two attached hydrogens (primary N) is 2. The van der Waals surface area contributed by atoms with Gasteiger partial charge in [0.2, 0.25) is 0 Å². The van der Waals surface area contributed by atoms with Gasteiger partial charge >= 0.3 is 0 Å². The molecular weight excluding hydrogens is 353 g/mol. The monoisotopic (exact) mass is 382 g/mol. The fraction of sp³-hybridized carbons (Fsp3) is 0.400. The molecule has 0 heterocycles. The first-order valence-electron chi connectivity index (χ1n) is 8.60. The summed E-state index contributed by atoms with van der Waals surface area (Å²) in [5.74, 6) is 4.55. The molecule has 0 radical (unpaired) electrons. The summed E-state index contributed by atoms with van der Waals surface area (Å²) < 4.78 is 39.1. The molecule has 1 aromatic carbocycles. The molecule has 0 atom stereocenters. The molecule has 0 aliphatic heterocycles. The van der Waals surface area contributed by atoms with Crippen molar-refractivity contribution >= 4 is 17.1 Å². The van der Waals surface area contributed by atoms with Crippen molar-refractivity contribution in [1.29, 1.82) is 0 Å². The van der Waals surface area contributed by atoms with Crippen molar-refractivity contribution < 1.29 is 13.2 Å². The fourth-order valence-corrected chi connectivity index (χ4v) is 2.45. The van der Waals surface area contributed by atoms with E-state index >= 15 is 0 Å².